The van der Waals surface area contributed by atoms with Gasteiger partial charge in [0.2, 0.25) is 5.91 Å². The van der Waals surface area contributed by atoms with E-state index in [1.54, 1.807) is 15.9 Å². The van der Waals surface area contributed by atoms with Crippen LogP contribution in [0.3, 0.4) is 0 Å². The third-order valence-corrected chi connectivity index (χ3v) is 5.63. The van der Waals surface area contributed by atoms with Gasteiger partial charge < -0.3 is 24.2 Å². The number of halogens is 2. The number of amides is 3. The van der Waals surface area contributed by atoms with Crippen LogP contribution >= 0.6 is 0 Å². The summed E-state index contributed by atoms with van der Waals surface area (Å²) in [6.45, 7) is -0.513. The molecule has 1 aromatic rings. The van der Waals surface area contributed by atoms with Gasteiger partial charge in [0, 0.05) is 39.3 Å². The monoisotopic (exact) mass is 439 g/mol. The van der Waals surface area contributed by atoms with Crippen molar-refractivity contribution in [3.63, 3.8) is 0 Å². The van der Waals surface area contributed by atoms with E-state index in [1.165, 1.54) is 30.2 Å². The predicted molar refractivity (Wildman–Crippen MR) is 107 cm³/mol. The molecular formula is C21H27F2N3O5. The Bertz CT molecular complexity index is 807. The Morgan fingerprint density at radius 2 is 1.65 bits per heavy atom. The summed E-state index contributed by atoms with van der Waals surface area (Å²) in [5.74, 6) is -1.03. The van der Waals surface area contributed by atoms with Crippen molar-refractivity contribution in [1.82, 2.24) is 14.7 Å². The molecule has 2 saturated heterocycles. The quantitative estimate of drug-likeness (QED) is 0.720. The minimum Gasteiger partial charge on any atom is -0.453 e. The summed E-state index contributed by atoms with van der Waals surface area (Å²) in [5.41, 5.74) is 0.0550. The van der Waals surface area contributed by atoms with Crippen molar-refractivity contribution >= 4 is 17.9 Å². The highest BCUT2D eigenvalue weighted by atomic mass is 19.3. The first-order valence-electron chi connectivity index (χ1n) is 10.4. The molecule has 170 valence electrons. The van der Waals surface area contributed by atoms with Crippen LogP contribution in [0.25, 0.3) is 0 Å². The minimum absolute atomic E-state index is 0.0543. The van der Waals surface area contributed by atoms with Gasteiger partial charge in [-0.25, -0.2) is 4.79 Å². The zero-order valence-electron chi connectivity index (χ0n) is 17.5. The molecule has 3 amide bonds. The van der Waals surface area contributed by atoms with E-state index in [2.05, 4.69) is 4.74 Å². The maximum Gasteiger partial charge on any atom is 0.409 e. The third kappa shape index (κ3) is 5.62. The summed E-state index contributed by atoms with van der Waals surface area (Å²) in [6.07, 6.45) is 1.53. The lowest BCUT2D eigenvalue weighted by atomic mass is 9.95. The van der Waals surface area contributed by atoms with Crippen molar-refractivity contribution < 1.29 is 32.6 Å². The van der Waals surface area contributed by atoms with E-state index in [0.717, 1.165) is 0 Å². The molecule has 0 radical (unpaired) electrons. The molecule has 0 aliphatic carbocycles. The van der Waals surface area contributed by atoms with Crippen LogP contribution < -0.4 is 4.74 Å². The number of ether oxygens (including phenoxy) is 2. The second kappa shape index (κ2) is 10.4. The molecule has 0 bridgehead atoms. The number of carbonyl (C=O) groups is 3. The van der Waals surface area contributed by atoms with Crippen molar-refractivity contribution in [2.24, 2.45) is 5.92 Å². The summed E-state index contributed by atoms with van der Waals surface area (Å²) < 4.78 is 34.6. The fourth-order valence-electron chi connectivity index (χ4n) is 4.08. The molecule has 31 heavy (non-hydrogen) atoms. The van der Waals surface area contributed by atoms with Gasteiger partial charge in [-0.2, -0.15) is 8.78 Å². The molecule has 0 spiro atoms. The van der Waals surface area contributed by atoms with Gasteiger partial charge in [0.15, 0.2) is 0 Å². The number of hydrogen-bond acceptors (Lipinski definition) is 5. The summed E-state index contributed by atoms with van der Waals surface area (Å²) in [4.78, 5) is 42.6. The van der Waals surface area contributed by atoms with E-state index >= 15 is 0 Å². The molecule has 2 aliphatic heterocycles. The number of likely N-dealkylation sites (tertiary alicyclic amines) is 1. The van der Waals surface area contributed by atoms with Crippen molar-refractivity contribution in [2.45, 2.75) is 25.9 Å². The van der Waals surface area contributed by atoms with Gasteiger partial charge in [-0.3, -0.25) is 9.59 Å². The summed E-state index contributed by atoms with van der Waals surface area (Å²) in [5, 5.41) is 0. The molecule has 10 heteroatoms. The molecule has 2 aliphatic rings. The number of benzene rings is 1. The van der Waals surface area contributed by atoms with Crippen LogP contribution in [0.2, 0.25) is 0 Å². The second-order valence-corrected chi connectivity index (χ2v) is 7.60. The lowest BCUT2D eigenvalue weighted by Crippen LogP contribution is -2.47. The molecule has 1 unspecified atom stereocenters. The molecule has 0 saturated carbocycles. The molecule has 3 rings (SSSR count). The number of carbonyl (C=O) groups excluding carboxylic acids is 3. The van der Waals surface area contributed by atoms with E-state index < -0.39 is 18.6 Å². The summed E-state index contributed by atoms with van der Waals surface area (Å²) >= 11 is 0. The predicted octanol–water partition coefficient (Wildman–Crippen LogP) is 2.44. The highest BCUT2D eigenvalue weighted by Gasteiger charge is 2.33. The van der Waals surface area contributed by atoms with Gasteiger partial charge in [0.1, 0.15) is 5.75 Å². The molecule has 1 aromatic carbocycles. The van der Waals surface area contributed by atoms with E-state index in [1.807, 2.05) is 0 Å². The van der Waals surface area contributed by atoms with Crippen LogP contribution in [0.1, 0.15) is 29.6 Å². The van der Waals surface area contributed by atoms with Crippen LogP contribution in [-0.2, 0) is 9.53 Å². The number of piperidine rings is 1. The first kappa shape index (κ1) is 22.8. The number of methoxy groups -OCH3 is 1. The lowest BCUT2D eigenvalue weighted by Gasteiger charge is -2.35. The Labute approximate surface area is 179 Å². The summed E-state index contributed by atoms with van der Waals surface area (Å²) in [6, 6.07) is 5.88. The van der Waals surface area contributed by atoms with Crippen LogP contribution in [0, 0.1) is 5.92 Å². The third-order valence-electron chi connectivity index (χ3n) is 5.63. The Kier molecular flexibility index (Phi) is 7.64. The van der Waals surface area contributed by atoms with Crippen LogP contribution in [0.5, 0.6) is 5.75 Å². The Balaban J connectivity index is 1.65. The van der Waals surface area contributed by atoms with Gasteiger partial charge in [-0.15, -0.1) is 0 Å². The average Bonchev–Trinajstić information content (AvgIpc) is 3.04. The Morgan fingerprint density at radius 3 is 2.39 bits per heavy atom. The summed E-state index contributed by atoms with van der Waals surface area (Å²) in [7, 11) is 1.33. The normalized spacial score (nSPS) is 19.7. The fourth-order valence-corrected chi connectivity index (χ4v) is 4.08. The SMILES string of the molecule is COC(=O)N1CCCN(C(=O)C2CCCN(C(=O)c3ccccc3OC(F)F)C2)CC1. The standard InChI is InChI=1S/C21H27F2N3O5/c1-30-21(29)25-11-5-10-24(12-13-25)18(27)15-6-4-9-26(14-15)19(28)16-7-2-3-8-17(16)31-20(22)23/h2-3,7-8,15,20H,4-6,9-14H2,1H3. The number of para-hydroxylation sites is 1. The lowest BCUT2D eigenvalue weighted by molar-refractivity contribution is -0.136. The van der Waals surface area contributed by atoms with Crippen molar-refractivity contribution in [2.75, 3.05) is 46.4 Å². The topological polar surface area (TPSA) is 79.4 Å². The number of alkyl halides is 2. The molecular weight excluding hydrogens is 412 g/mol. The van der Waals surface area contributed by atoms with Gasteiger partial charge in [0.25, 0.3) is 5.91 Å². The van der Waals surface area contributed by atoms with Crippen molar-refractivity contribution in [3.05, 3.63) is 29.8 Å². The molecule has 1 atom stereocenters. The minimum atomic E-state index is -3.03. The van der Waals surface area contributed by atoms with Gasteiger partial charge in [-0.1, -0.05) is 12.1 Å². The largest absolute Gasteiger partial charge is 0.453 e. The number of hydrogen-bond donors (Lipinski definition) is 0. The van der Waals surface area contributed by atoms with Crippen LogP contribution in [-0.4, -0.2) is 85.6 Å². The van der Waals surface area contributed by atoms with E-state index in [-0.39, 0.29) is 29.7 Å². The van der Waals surface area contributed by atoms with Crippen molar-refractivity contribution in [3.8, 4) is 5.75 Å². The van der Waals surface area contributed by atoms with Gasteiger partial charge >= 0.3 is 12.7 Å². The molecule has 0 aromatic heterocycles. The van der Waals surface area contributed by atoms with Crippen LogP contribution in [0.15, 0.2) is 24.3 Å². The molecule has 2 heterocycles. The fraction of sp³-hybridized carbons (Fsp3) is 0.571. The molecule has 2 fully saturated rings. The zero-order chi connectivity index (χ0) is 22.4. The Hall–Kier alpha value is -2.91. The van der Waals surface area contributed by atoms with E-state index in [9.17, 15) is 23.2 Å². The van der Waals surface area contributed by atoms with E-state index in [0.29, 0.717) is 52.0 Å². The zero-order valence-corrected chi connectivity index (χ0v) is 17.5. The van der Waals surface area contributed by atoms with Crippen molar-refractivity contribution in [1.29, 1.82) is 0 Å². The smallest absolute Gasteiger partial charge is 0.409 e. The number of nitrogens with zero attached hydrogens (tertiary/aromatic N) is 3. The highest BCUT2D eigenvalue weighted by molar-refractivity contribution is 5.97. The van der Waals surface area contributed by atoms with E-state index in [4.69, 9.17) is 4.74 Å². The van der Waals surface area contributed by atoms with Crippen LogP contribution in [0.4, 0.5) is 13.6 Å². The maximum absolute atomic E-state index is 13.1. The first-order valence-corrected chi connectivity index (χ1v) is 10.4. The maximum atomic E-state index is 13.1. The average molecular weight is 439 g/mol. The molecule has 0 N–H and O–H groups in total. The van der Waals surface area contributed by atoms with Gasteiger partial charge in [0.05, 0.1) is 18.6 Å². The number of rotatable bonds is 4. The Morgan fingerprint density at radius 1 is 0.968 bits per heavy atom. The molecule has 8 nitrogen and oxygen atoms in total. The first-order chi connectivity index (χ1) is 14.9. The highest BCUT2D eigenvalue weighted by Crippen LogP contribution is 2.26. The van der Waals surface area contributed by atoms with Gasteiger partial charge in [-0.05, 0) is 31.4 Å². The second-order valence-electron chi connectivity index (χ2n) is 7.60.